The first-order valence-corrected chi connectivity index (χ1v) is 9.08. The van der Waals surface area contributed by atoms with Crippen molar-refractivity contribution >= 4 is 22.4 Å². The van der Waals surface area contributed by atoms with Crippen LogP contribution < -0.4 is 4.90 Å². The molecule has 3 aromatic heterocycles. The van der Waals surface area contributed by atoms with Gasteiger partial charge in [-0.15, -0.1) is 5.10 Å². The Morgan fingerprint density at radius 3 is 2.74 bits per heavy atom. The number of anilines is 1. The Bertz CT molecular complexity index is 1130. The van der Waals surface area contributed by atoms with Gasteiger partial charge in [-0.25, -0.2) is 18.9 Å². The van der Waals surface area contributed by atoms with E-state index in [-0.39, 0.29) is 0 Å². The predicted octanol–water partition coefficient (Wildman–Crippen LogP) is 3.50. The Labute approximate surface area is 155 Å². The van der Waals surface area contributed by atoms with Crippen molar-refractivity contribution in [3.05, 3.63) is 47.9 Å². The van der Waals surface area contributed by atoms with E-state index in [0.717, 1.165) is 39.3 Å². The van der Waals surface area contributed by atoms with Gasteiger partial charge in [0, 0.05) is 23.7 Å². The summed E-state index contributed by atoms with van der Waals surface area (Å²) in [4.78, 5) is 15.8. The van der Waals surface area contributed by atoms with Gasteiger partial charge in [0.05, 0.1) is 23.4 Å². The lowest BCUT2D eigenvalue weighted by Gasteiger charge is -2.16. The molecule has 6 nitrogen and oxygen atoms in total. The van der Waals surface area contributed by atoms with E-state index in [4.69, 9.17) is 4.98 Å². The molecular formula is C20H19FN6. The predicted molar refractivity (Wildman–Crippen MR) is 103 cm³/mol. The second kappa shape index (κ2) is 5.97. The smallest absolute Gasteiger partial charge is 0.182 e. The number of halogens is 1. The van der Waals surface area contributed by atoms with Crippen molar-refractivity contribution in [3.63, 3.8) is 0 Å². The van der Waals surface area contributed by atoms with E-state index in [1.54, 1.807) is 6.20 Å². The summed E-state index contributed by atoms with van der Waals surface area (Å²) >= 11 is 0. The molecule has 5 rings (SSSR count). The molecule has 136 valence electrons. The first-order valence-electron chi connectivity index (χ1n) is 9.08. The molecule has 7 heteroatoms. The lowest BCUT2D eigenvalue weighted by atomic mass is 10.1. The molecule has 1 aliphatic rings. The first kappa shape index (κ1) is 16.1. The Morgan fingerprint density at radius 2 is 1.96 bits per heavy atom. The number of rotatable bonds is 2. The van der Waals surface area contributed by atoms with Gasteiger partial charge in [-0.3, -0.25) is 4.98 Å². The van der Waals surface area contributed by atoms with Gasteiger partial charge in [0.1, 0.15) is 12.0 Å². The lowest BCUT2D eigenvalue weighted by molar-refractivity contribution is 0.364. The fraction of sp³-hybridized carbons (Fsp3) is 0.300. The van der Waals surface area contributed by atoms with Gasteiger partial charge in [0.2, 0.25) is 0 Å². The Hall–Kier alpha value is -3.09. The van der Waals surface area contributed by atoms with Gasteiger partial charge >= 0.3 is 0 Å². The van der Waals surface area contributed by atoms with E-state index in [9.17, 15) is 4.39 Å². The summed E-state index contributed by atoms with van der Waals surface area (Å²) in [5.41, 5.74) is 4.30. The van der Waals surface area contributed by atoms with Crippen molar-refractivity contribution in [2.75, 3.05) is 18.0 Å². The van der Waals surface area contributed by atoms with E-state index < -0.39 is 6.17 Å². The molecule has 1 aromatic carbocycles. The van der Waals surface area contributed by atoms with Crippen LogP contribution in [0.5, 0.6) is 0 Å². The van der Waals surface area contributed by atoms with Gasteiger partial charge in [0.15, 0.2) is 11.5 Å². The molecule has 0 aliphatic carbocycles. The number of hydrogen-bond acceptors (Lipinski definition) is 5. The fourth-order valence-corrected chi connectivity index (χ4v) is 3.56. The molecule has 1 unspecified atom stereocenters. The Morgan fingerprint density at radius 1 is 1.11 bits per heavy atom. The highest BCUT2D eigenvalue weighted by Crippen LogP contribution is 2.26. The van der Waals surface area contributed by atoms with Crippen molar-refractivity contribution in [1.82, 2.24) is 24.6 Å². The van der Waals surface area contributed by atoms with Crippen LogP contribution in [0.4, 0.5) is 10.2 Å². The minimum atomic E-state index is -0.768. The molecular weight excluding hydrogens is 343 g/mol. The van der Waals surface area contributed by atoms with Crippen molar-refractivity contribution in [3.8, 4) is 11.4 Å². The molecule has 27 heavy (non-hydrogen) atoms. The average Bonchev–Trinajstić information content (AvgIpc) is 3.31. The SMILES string of the molecule is Cc1ncc(C)n2nc(-c3ccc4ccc(N5CCC(F)C5)nc4c3)nc12. The van der Waals surface area contributed by atoms with Crippen LogP contribution in [0, 0.1) is 13.8 Å². The molecule has 0 amide bonds. The van der Waals surface area contributed by atoms with Gasteiger partial charge in [-0.2, -0.15) is 0 Å². The van der Waals surface area contributed by atoms with E-state index in [2.05, 4.69) is 15.1 Å². The van der Waals surface area contributed by atoms with Crippen molar-refractivity contribution in [1.29, 1.82) is 0 Å². The van der Waals surface area contributed by atoms with Crippen LogP contribution in [0.1, 0.15) is 17.8 Å². The Kier molecular flexibility index (Phi) is 3.56. The molecule has 0 saturated carbocycles. The zero-order valence-electron chi connectivity index (χ0n) is 15.2. The molecule has 4 heterocycles. The van der Waals surface area contributed by atoms with Crippen LogP contribution in [-0.4, -0.2) is 43.8 Å². The van der Waals surface area contributed by atoms with Gasteiger partial charge < -0.3 is 4.90 Å². The van der Waals surface area contributed by atoms with Crippen LogP contribution in [-0.2, 0) is 0 Å². The number of pyridine rings is 1. The fourth-order valence-electron chi connectivity index (χ4n) is 3.56. The summed E-state index contributed by atoms with van der Waals surface area (Å²) in [5.74, 6) is 1.46. The topological polar surface area (TPSA) is 59.2 Å². The second-order valence-corrected chi connectivity index (χ2v) is 7.06. The summed E-state index contributed by atoms with van der Waals surface area (Å²) in [5, 5.41) is 5.68. The average molecular weight is 362 g/mol. The largest absolute Gasteiger partial charge is 0.354 e. The number of aryl methyl sites for hydroxylation is 2. The summed E-state index contributed by atoms with van der Waals surface area (Å²) in [6.07, 6.45) is 1.59. The lowest BCUT2D eigenvalue weighted by Crippen LogP contribution is -2.20. The van der Waals surface area contributed by atoms with Gasteiger partial charge in [-0.1, -0.05) is 12.1 Å². The van der Waals surface area contributed by atoms with E-state index in [1.165, 1.54) is 0 Å². The summed E-state index contributed by atoms with van der Waals surface area (Å²) in [6, 6.07) is 10.0. The number of benzene rings is 1. The summed E-state index contributed by atoms with van der Waals surface area (Å²) in [7, 11) is 0. The monoisotopic (exact) mass is 362 g/mol. The van der Waals surface area contributed by atoms with Crippen molar-refractivity contribution in [2.24, 2.45) is 0 Å². The third-order valence-electron chi connectivity index (χ3n) is 5.10. The molecule has 0 spiro atoms. The minimum absolute atomic E-state index is 0.414. The summed E-state index contributed by atoms with van der Waals surface area (Å²) in [6.45, 7) is 5.01. The van der Waals surface area contributed by atoms with Gasteiger partial charge in [-0.05, 0) is 38.5 Å². The molecule has 1 saturated heterocycles. The van der Waals surface area contributed by atoms with Crippen LogP contribution in [0.15, 0.2) is 36.5 Å². The first-order chi connectivity index (χ1) is 13.1. The van der Waals surface area contributed by atoms with Crippen LogP contribution >= 0.6 is 0 Å². The number of fused-ring (bicyclic) bond motifs is 2. The quantitative estimate of drug-likeness (QED) is 0.546. The molecule has 1 atom stereocenters. The maximum atomic E-state index is 13.5. The van der Waals surface area contributed by atoms with Crippen LogP contribution in [0.3, 0.4) is 0 Å². The Balaban J connectivity index is 1.59. The number of hydrogen-bond donors (Lipinski definition) is 0. The standard InChI is InChI=1S/C20H19FN6/c1-12-10-22-13(2)20-24-19(25-27(12)20)15-4-3-14-5-6-18(23-17(14)9-15)26-8-7-16(21)11-26/h3-6,9-10,16H,7-8,11H2,1-2H3. The molecule has 1 fully saturated rings. The third-order valence-corrected chi connectivity index (χ3v) is 5.10. The minimum Gasteiger partial charge on any atom is -0.354 e. The summed E-state index contributed by atoms with van der Waals surface area (Å²) < 4.78 is 15.3. The number of nitrogens with zero attached hydrogens (tertiary/aromatic N) is 6. The highest BCUT2D eigenvalue weighted by molar-refractivity contribution is 5.84. The normalized spacial score (nSPS) is 17.3. The zero-order valence-corrected chi connectivity index (χ0v) is 15.2. The maximum Gasteiger partial charge on any atom is 0.182 e. The van der Waals surface area contributed by atoms with Crippen LogP contribution in [0.2, 0.25) is 0 Å². The van der Waals surface area contributed by atoms with Crippen molar-refractivity contribution in [2.45, 2.75) is 26.4 Å². The molecule has 0 N–H and O–H groups in total. The molecule has 0 radical (unpaired) electrons. The number of alkyl halides is 1. The second-order valence-electron chi connectivity index (χ2n) is 7.06. The maximum absolute atomic E-state index is 13.5. The van der Waals surface area contributed by atoms with E-state index in [0.29, 0.717) is 25.3 Å². The molecule has 0 bridgehead atoms. The highest BCUT2D eigenvalue weighted by atomic mass is 19.1. The van der Waals surface area contributed by atoms with Crippen LogP contribution in [0.25, 0.3) is 27.9 Å². The molecule has 4 aromatic rings. The number of aromatic nitrogens is 5. The van der Waals surface area contributed by atoms with Gasteiger partial charge in [0.25, 0.3) is 0 Å². The zero-order chi connectivity index (χ0) is 18.5. The van der Waals surface area contributed by atoms with E-state index in [1.807, 2.05) is 53.6 Å². The molecule has 1 aliphatic heterocycles. The third kappa shape index (κ3) is 2.70. The van der Waals surface area contributed by atoms with E-state index >= 15 is 0 Å². The highest BCUT2D eigenvalue weighted by Gasteiger charge is 2.23. The van der Waals surface area contributed by atoms with Crippen molar-refractivity contribution < 1.29 is 4.39 Å².